The molecule has 160 valence electrons. The zero-order valence-electron chi connectivity index (χ0n) is 17.2. The molecule has 0 saturated carbocycles. The summed E-state index contributed by atoms with van der Waals surface area (Å²) in [4.78, 5) is 25.6. The van der Waals surface area contributed by atoms with Crippen LogP contribution in [-0.4, -0.2) is 23.7 Å². The van der Waals surface area contributed by atoms with E-state index in [1.54, 1.807) is 24.3 Å². The summed E-state index contributed by atoms with van der Waals surface area (Å²) in [5.41, 5.74) is 2.26. The van der Waals surface area contributed by atoms with Crippen LogP contribution in [0.4, 0.5) is 11.4 Å². The number of hydrogen-bond donors (Lipinski definition) is 2. The second kappa shape index (κ2) is 10.9. The van der Waals surface area contributed by atoms with E-state index < -0.39 is 0 Å². The first kappa shape index (κ1) is 22.7. The molecule has 5 nitrogen and oxygen atoms in total. The fourth-order valence-electron chi connectivity index (χ4n) is 2.68. The average Bonchev–Trinajstić information content (AvgIpc) is 2.76. The fraction of sp³-hybridized carbons (Fsp3) is 0.167. The predicted octanol–water partition coefficient (Wildman–Crippen LogP) is 5.79. The summed E-state index contributed by atoms with van der Waals surface area (Å²) < 4.78 is 5.46. The summed E-state index contributed by atoms with van der Waals surface area (Å²) in [5, 5.41) is 5.96. The number of ether oxygens (including phenoxy) is 1. The van der Waals surface area contributed by atoms with E-state index in [0.717, 1.165) is 10.5 Å². The summed E-state index contributed by atoms with van der Waals surface area (Å²) >= 11 is 7.53. The molecule has 31 heavy (non-hydrogen) atoms. The van der Waals surface area contributed by atoms with Gasteiger partial charge in [0, 0.05) is 21.3 Å². The van der Waals surface area contributed by atoms with Crippen molar-refractivity contribution in [2.24, 2.45) is 0 Å². The lowest BCUT2D eigenvalue weighted by atomic mass is 10.2. The molecular formula is C24H23ClN2O3S. The van der Waals surface area contributed by atoms with Crippen molar-refractivity contribution in [2.75, 3.05) is 17.2 Å². The maximum atomic E-state index is 12.5. The number of benzene rings is 3. The normalized spacial score (nSPS) is 11.5. The Morgan fingerprint density at radius 2 is 1.71 bits per heavy atom. The summed E-state index contributed by atoms with van der Waals surface area (Å²) in [6.07, 6.45) is 0. The van der Waals surface area contributed by atoms with E-state index in [1.165, 1.54) is 11.8 Å². The molecule has 0 bridgehead atoms. The number of halogens is 1. The Morgan fingerprint density at radius 3 is 2.45 bits per heavy atom. The zero-order valence-corrected chi connectivity index (χ0v) is 18.8. The van der Waals surface area contributed by atoms with Gasteiger partial charge in [-0.25, -0.2) is 0 Å². The third-order valence-corrected chi connectivity index (χ3v) is 5.85. The van der Waals surface area contributed by atoms with Crippen LogP contribution in [-0.2, 0) is 9.59 Å². The number of carbonyl (C=O) groups excluding carboxylic acids is 2. The monoisotopic (exact) mass is 454 g/mol. The van der Waals surface area contributed by atoms with Gasteiger partial charge in [-0.05, 0) is 61.9 Å². The van der Waals surface area contributed by atoms with E-state index >= 15 is 0 Å². The molecule has 2 amide bonds. The van der Waals surface area contributed by atoms with Crippen molar-refractivity contribution in [3.63, 3.8) is 0 Å². The maximum Gasteiger partial charge on any atom is 0.262 e. The predicted molar refractivity (Wildman–Crippen MR) is 127 cm³/mol. The number of hydrogen-bond acceptors (Lipinski definition) is 4. The van der Waals surface area contributed by atoms with Crippen molar-refractivity contribution in [1.29, 1.82) is 0 Å². The molecule has 0 aliphatic carbocycles. The van der Waals surface area contributed by atoms with E-state index in [2.05, 4.69) is 10.6 Å². The Bertz CT molecular complexity index is 1060. The van der Waals surface area contributed by atoms with E-state index in [1.807, 2.05) is 62.4 Å². The average molecular weight is 455 g/mol. The highest BCUT2D eigenvalue weighted by atomic mass is 35.5. The molecule has 1 unspecified atom stereocenters. The maximum absolute atomic E-state index is 12.5. The quantitative estimate of drug-likeness (QED) is 0.423. The number of thioether (sulfide) groups is 1. The zero-order chi connectivity index (χ0) is 22.2. The minimum Gasteiger partial charge on any atom is -0.484 e. The van der Waals surface area contributed by atoms with Crippen LogP contribution < -0.4 is 15.4 Å². The Balaban J connectivity index is 1.53. The van der Waals surface area contributed by atoms with Crippen LogP contribution in [0.15, 0.2) is 77.7 Å². The number of carbonyl (C=O) groups is 2. The van der Waals surface area contributed by atoms with Crippen LogP contribution in [0, 0.1) is 6.92 Å². The van der Waals surface area contributed by atoms with Crippen LogP contribution in [0.25, 0.3) is 0 Å². The minimum absolute atomic E-state index is 0.0840. The molecule has 0 aliphatic rings. The second-order valence-electron chi connectivity index (χ2n) is 6.89. The molecule has 7 heteroatoms. The topological polar surface area (TPSA) is 67.4 Å². The minimum atomic E-state index is -0.340. The van der Waals surface area contributed by atoms with Gasteiger partial charge in [0.25, 0.3) is 5.91 Å². The summed E-state index contributed by atoms with van der Waals surface area (Å²) in [7, 11) is 0. The van der Waals surface area contributed by atoms with E-state index in [4.69, 9.17) is 16.3 Å². The van der Waals surface area contributed by atoms with Gasteiger partial charge in [0.2, 0.25) is 5.91 Å². The van der Waals surface area contributed by atoms with Gasteiger partial charge >= 0.3 is 0 Å². The summed E-state index contributed by atoms with van der Waals surface area (Å²) in [6.45, 7) is 3.65. The van der Waals surface area contributed by atoms with E-state index in [0.29, 0.717) is 22.1 Å². The van der Waals surface area contributed by atoms with E-state index in [-0.39, 0.29) is 23.7 Å². The van der Waals surface area contributed by atoms with Gasteiger partial charge in [-0.1, -0.05) is 41.9 Å². The Hall–Kier alpha value is -2.96. The highest BCUT2D eigenvalue weighted by Crippen LogP contribution is 2.27. The van der Waals surface area contributed by atoms with Gasteiger partial charge in [0.15, 0.2) is 6.61 Å². The van der Waals surface area contributed by atoms with Crippen molar-refractivity contribution >= 4 is 46.6 Å². The molecule has 1 atom stereocenters. The van der Waals surface area contributed by atoms with Crippen LogP contribution in [0.1, 0.15) is 12.5 Å². The third-order valence-electron chi connectivity index (χ3n) is 4.35. The second-order valence-corrected chi connectivity index (χ2v) is 8.71. The number of nitrogens with one attached hydrogen (secondary N) is 2. The van der Waals surface area contributed by atoms with Crippen LogP contribution >= 0.6 is 23.4 Å². The first-order chi connectivity index (χ1) is 14.9. The Kier molecular flexibility index (Phi) is 7.98. The highest BCUT2D eigenvalue weighted by Gasteiger charge is 2.15. The molecule has 0 radical (unpaired) electrons. The summed E-state index contributed by atoms with van der Waals surface area (Å²) in [5.74, 6) is 0.250. The largest absolute Gasteiger partial charge is 0.484 e. The van der Waals surface area contributed by atoms with Crippen LogP contribution in [0.5, 0.6) is 5.75 Å². The number of rotatable bonds is 8. The SMILES string of the molecule is Cc1ccc(NC(=O)C(C)Sc2cccc(NC(=O)COc3ccccc3)c2)cc1Cl. The first-order valence-corrected chi connectivity index (χ1v) is 11.0. The number of anilines is 2. The molecule has 3 aromatic rings. The lowest BCUT2D eigenvalue weighted by Crippen LogP contribution is -2.22. The van der Waals surface area contributed by atoms with E-state index in [9.17, 15) is 9.59 Å². The molecule has 0 aromatic heterocycles. The smallest absolute Gasteiger partial charge is 0.262 e. The van der Waals surface area contributed by atoms with Crippen LogP contribution in [0.2, 0.25) is 5.02 Å². The molecule has 2 N–H and O–H groups in total. The molecule has 0 fully saturated rings. The molecule has 0 spiro atoms. The van der Waals surface area contributed by atoms with Crippen molar-refractivity contribution in [1.82, 2.24) is 0 Å². The van der Waals surface area contributed by atoms with Gasteiger partial charge in [0.1, 0.15) is 5.75 Å². The lowest BCUT2D eigenvalue weighted by Gasteiger charge is -2.14. The standard InChI is InChI=1S/C24H23ClN2O3S/c1-16-11-12-19(14-22(16)25)27-24(29)17(2)31-21-10-6-7-18(13-21)26-23(28)15-30-20-8-4-3-5-9-20/h3-14,17H,15H2,1-2H3,(H,26,28)(H,27,29). The fourth-order valence-corrected chi connectivity index (χ4v) is 3.79. The molecule has 0 saturated heterocycles. The molecule has 3 rings (SSSR count). The third kappa shape index (κ3) is 7.05. The van der Waals surface area contributed by atoms with Gasteiger partial charge in [-0.2, -0.15) is 0 Å². The first-order valence-electron chi connectivity index (χ1n) is 9.72. The van der Waals surface area contributed by atoms with Crippen molar-refractivity contribution in [3.8, 4) is 5.75 Å². The van der Waals surface area contributed by atoms with Gasteiger partial charge in [-0.15, -0.1) is 11.8 Å². The van der Waals surface area contributed by atoms with Gasteiger partial charge in [0.05, 0.1) is 5.25 Å². The number of para-hydroxylation sites is 1. The highest BCUT2D eigenvalue weighted by molar-refractivity contribution is 8.00. The lowest BCUT2D eigenvalue weighted by molar-refractivity contribution is -0.118. The van der Waals surface area contributed by atoms with Gasteiger partial charge < -0.3 is 15.4 Å². The Morgan fingerprint density at radius 1 is 0.968 bits per heavy atom. The number of aryl methyl sites for hydroxylation is 1. The molecule has 0 heterocycles. The molecule has 3 aromatic carbocycles. The Labute approximate surface area is 191 Å². The van der Waals surface area contributed by atoms with Crippen molar-refractivity contribution in [3.05, 3.63) is 83.4 Å². The molecular weight excluding hydrogens is 432 g/mol. The number of amides is 2. The van der Waals surface area contributed by atoms with Crippen molar-refractivity contribution in [2.45, 2.75) is 24.0 Å². The summed E-state index contributed by atoms with van der Waals surface area (Å²) in [6, 6.07) is 21.9. The van der Waals surface area contributed by atoms with Crippen LogP contribution in [0.3, 0.4) is 0 Å². The van der Waals surface area contributed by atoms with Crippen molar-refractivity contribution < 1.29 is 14.3 Å². The van der Waals surface area contributed by atoms with Gasteiger partial charge in [-0.3, -0.25) is 9.59 Å². The molecule has 0 aliphatic heterocycles.